The van der Waals surface area contributed by atoms with Crippen LogP contribution in [0.3, 0.4) is 0 Å². The summed E-state index contributed by atoms with van der Waals surface area (Å²) in [5.74, 6) is 0.241. The molecule has 1 saturated heterocycles. The first-order chi connectivity index (χ1) is 16.1. The van der Waals surface area contributed by atoms with E-state index >= 15 is 0 Å². The van der Waals surface area contributed by atoms with Gasteiger partial charge in [-0.15, -0.1) is 0 Å². The van der Waals surface area contributed by atoms with E-state index in [-0.39, 0.29) is 30.6 Å². The number of aliphatic hydroxyl groups excluding tert-OH is 2. The minimum Gasteiger partial charge on any atom is -0.394 e. The second-order valence-corrected chi connectivity index (χ2v) is 9.82. The first kappa shape index (κ1) is 24.2. The number of aliphatic hydroxyl groups is 2. The fourth-order valence-electron chi connectivity index (χ4n) is 5.64. The lowest BCUT2D eigenvalue weighted by molar-refractivity contribution is 0.0156. The lowest BCUT2D eigenvalue weighted by atomic mass is 9.87. The van der Waals surface area contributed by atoms with E-state index in [1.54, 1.807) is 0 Å². The molecule has 3 atom stereocenters. The molecule has 1 saturated carbocycles. The average Bonchev–Trinajstić information content (AvgIpc) is 2.79. The van der Waals surface area contributed by atoms with E-state index in [4.69, 9.17) is 5.11 Å². The van der Waals surface area contributed by atoms with Crippen molar-refractivity contribution in [1.82, 2.24) is 14.5 Å². The van der Waals surface area contributed by atoms with Crippen LogP contribution in [0.5, 0.6) is 0 Å². The van der Waals surface area contributed by atoms with E-state index in [0.29, 0.717) is 12.1 Å². The highest BCUT2D eigenvalue weighted by molar-refractivity contribution is 5.76. The molecule has 0 amide bonds. The normalized spacial score (nSPS) is 22.3. The highest BCUT2D eigenvalue weighted by atomic mass is 16.3. The van der Waals surface area contributed by atoms with Crippen LogP contribution in [0.2, 0.25) is 0 Å². The molecule has 1 aromatic carbocycles. The summed E-state index contributed by atoms with van der Waals surface area (Å²) in [5, 5.41) is 21.8. The minimum absolute atomic E-state index is 0.0892. The van der Waals surface area contributed by atoms with Crippen LogP contribution < -0.4 is 10.9 Å². The standard InChI is InChI=1S/C26H40N4O3/c1-2-19(16-21-14-15-29(21)20-10-6-4-3-5-7-11-20)30-24-13-9-8-12-23(24)28-25(26(30)33)27-17-22(32)18-31/h8-9,12-13,19-22,31-32H,2-7,10-11,14-18H2,1H3,(H,27,28)/t19-,21-,22?/m0/s1. The van der Waals surface area contributed by atoms with Crippen molar-refractivity contribution in [3.8, 4) is 0 Å². The smallest absolute Gasteiger partial charge is 0.294 e. The van der Waals surface area contributed by atoms with Crippen LogP contribution in [0, 0.1) is 0 Å². The van der Waals surface area contributed by atoms with Crippen LogP contribution in [0.1, 0.15) is 77.2 Å². The molecule has 0 bridgehead atoms. The Morgan fingerprint density at radius 1 is 1.12 bits per heavy atom. The van der Waals surface area contributed by atoms with Crippen LogP contribution >= 0.6 is 0 Å². The van der Waals surface area contributed by atoms with E-state index in [1.807, 2.05) is 28.8 Å². The highest BCUT2D eigenvalue weighted by Gasteiger charge is 2.35. The second kappa shape index (κ2) is 11.4. The maximum atomic E-state index is 13.5. The number of nitrogens with one attached hydrogen (secondary N) is 1. The molecule has 2 fully saturated rings. The zero-order valence-corrected chi connectivity index (χ0v) is 20.0. The summed E-state index contributed by atoms with van der Waals surface area (Å²) in [6, 6.07) is 9.12. The van der Waals surface area contributed by atoms with Gasteiger partial charge in [-0.1, -0.05) is 51.2 Å². The van der Waals surface area contributed by atoms with Crippen molar-refractivity contribution in [3.63, 3.8) is 0 Å². The van der Waals surface area contributed by atoms with Crippen LogP contribution in [0.4, 0.5) is 5.82 Å². The average molecular weight is 457 g/mol. The van der Waals surface area contributed by atoms with Crippen LogP contribution in [0.25, 0.3) is 11.0 Å². The number of nitrogens with zero attached hydrogens (tertiary/aromatic N) is 3. The molecule has 33 heavy (non-hydrogen) atoms. The van der Waals surface area contributed by atoms with Gasteiger partial charge in [0.2, 0.25) is 0 Å². The molecule has 4 rings (SSSR count). The second-order valence-electron chi connectivity index (χ2n) is 9.82. The lowest BCUT2D eigenvalue weighted by Crippen LogP contribution is -2.54. The first-order valence-corrected chi connectivity index (χ1v) is 12.9. The summed E-state index contributed by atoms with van der Waals surface area (Å²) < 4.78 is 1.92. The Morgan fingerprint density at radius 2 is 1.85 bits per heavy atom. The molecule has 1 aliphatic carbocycles. The molecular weight excluding hydrogens is 416 g/mol. The number of anilines is 1. The molecule has 3 N–H and O–H groups in total. The number of para-hydroxylation sites is 2. The number of rotatable bonds is 9. The molecule has 0 radical (unpaired) electrons. The number of fused-ring (bicyclic) bond motifs is 1. The van der Waals surface area contributed by atoms with Gasteiger partial charge in [-0.05, 0) is 44.2 Å². The van der Waals surface area contributed by atoms with Crippen molar-refractivity contribution in [2.45, 2.75) is 95.4 Å². The van der Waals surface area contributed by atoms with E-state index in [0.717, 1.165) is 23.9 Å². The molecule has 1 aliphatic heterocycles. The Hall–Kier alpha value is -1.96. The molecule has 1 unspecified atom stereocenters. The molecule has 7 heteroatoms. The van der Waals surface area contributed by atoms with Gasteiger partial charge in [0.25, 0.3) is 5.56 Å². The summed E-state index contributed by atoms with van der Waals surface area (Å²) in [4.78, 5) is 20.8. The van der Waals surface area contributed by atoms with E-state index in [1.165, 1.54) is 57.9 Å². The first-order valence-electron chi connectivity index (χ1n) is 12.9. The van der Waals surface area contributed by atoms with Crippen molar-refractivity contribution in [1.29, 1.82) is 0 Å². The molecule has 2 aromatic rings. The van der Waals surface area contributed by atoms with Gasteiger partial charge < -0.3 is 20.1 Å². The SMILES string of the molecule is CC[C@@H](C[C@@H]1CCN1C1CCCCCCC1)n1c(=O)c(NCC(O)CO)nc2ccccc21. The maximum absolute atomic E-state index is 13.5. The predicted molar refractivity (Wildman–Crippen MR) is 133 cm³/mol. The maximum Gasteiger partial charge on any atom is 0.294 e. The van der Waals surface area contributed by atoms with Gasteiger partial charge >= 0.3 is 0 Å². The molecular formula is C26H40N4O3. The van der Waals surface area contributed by atoms with E-state index in [9.17, 15) is 9.90 Å². The van der Waals surface area contributed by atoms with Crippen molar-refractivity contribution in [3.05, 3.63) is 34.6 Å². The summed E-state index contributed by atoms with van der Waals surface area (Å²) in [5.41, 5.74) is 1.48. The minimum atomic E-state index is -0.930. The monoisotopic (exact) mass is 456 g/mol. The van der Waals surface area contributed by atoms with Gasteiger partial charge in [0, 0.05) is 31.2 Å². The van der Waals surface area contributed by atoms with Gasteiger partial charge in [0.1, 0.15) is 0 Å². The van der Waals surface area contributed by atoms with Crippen LogP contribution in [-0.2, 0) is 0 Å². The summed E-state index contributed by atoms with van der Waals surface area (Å²) in [7, 11) is 0. The van der Waals surface area contributed by atoms with Crippen molar-refractivity contribution in [2.24, 2.45) is 0 Å². The number of benzene rings is 1. The zero-order valence-electron chi connectivity index (χ0n) is 20.0. The van der Waals surface area contributed by atoms with E-state index in [2.05, 4.69) is 22.1 Å². The third-order valence-corrected chi connectivity index (χ3v) is 7.62. The van der Waals surface area contributed by atoms with E-state index < -0.39 is 6.10 Å². The number of likely N-dealkylation sites (tertiary alicyclic amines) is 1. The third-order valence-electron chi connectivity index (χ3n) is 7.62. The summed E-state index contributed by atoms with van der Waals surface area (Å²) in [6.45, 7) is 3.08. The molecule has 2 heterocycles. The Morgan fingerprint density at radius 3 is 2.52 bits per heavy atom. The van der Waals surface area contributed by atoms with Gasteiger partial charge in [0.05, 0.1) is 23.7 Å². The van der Waals surface area contributed by atoms with Crippen LogP contribution in [-0.4, -0.2) is 62.5 Å². The van der Waals surface area contributed by atoms with Gasteiger partial charge in [-0.25, -0.2) is 4.98 Å². The van der Waals surface area contributed by atoms with Crippen molar-refractivity contribution in [2.75, 3.05) is 25.0 Å². The number of aromatic nitrogens is 2. The Bertz CT molecular complexity index is 954. The molecule has 2 aliphatic rings. The van der Waals surface area contributed by atoms with Crippen molar-refractivity contribution < 1.29 is 10.2 Å². The Balaban J connectivity index is 1.58. The predicted octanol–water partition coefficient (Wildman–Crippen LogP) is 3.69. The van der Waals surface area contributed by atoms with Gasteiger partial charge in [-0.3, -0.25) is 9.69 Å². The van der Waals surface area contributed by atoms with Gasteiger partial charge in [0.15, 0.2) is 5.82 Å². The Kier molecular flexibility index (Phi) is 8.39. The summed E-state index contributed by atoms with van der Waals surface area (Å²) >= 11 is 0. The fourth-order valence-corrected chi connectivity index (χ4v) is 5.64. The topological polar surface area (TPSA) is 90.6 Å². The lowest BCUT2D eigenvalue weighted by Gasteiger charge is -2.48. The quantitative estimate of drug-likeness (QED) is 0.533. The Labute approximate surface area is 196 Å². The number of hydrogen-bond donors (Lipinski definition) is 3. The fraction of sp³-hybridized carbons (Fsp3) is 0.692. The van der Waals surface area contributed by atoms with Gasteiger partial charge in [-0.2, -0.15) is 0 Å². The van der Waals surface area contributed by atoms with Crippen LogP contribution in [0.15, 0.2) is 29.1 Å². The largest absolute Gasteiger partial charge is 0.394 e. The van der Waals surface area contributed by atoms with Crippen molar-refractivity contribution >= 4 is 16.9 Å². The third kappa shape index (κ3) is 5.58. The molecule has 7 nitrogen and oxygen atoms in total. The number of hydrogen-bond acceptors (Lipinski definition) is 6. The zero-order chi connectivity index (χ0) is 23.2. The molecule has 1 aromatic heterocycles. The molecule has 182 valence electrons. The summed E-state index contributed by atoms with van der Waals surface area (Å²) in [6.07, 6.45) is 11.6. The highest BCUT2D eigenvalue weighted by Crippen LogP contribution is 2.34. The molecule has 0 spiro atoms.